The highest BCUT2D eigenvalue weighted by molar-refractivity contribution is 5.81. The lowest BCUT2D eigenvalue weighted by Crippen LogP contribution is -2.56. The van der Waals surface area contributed by atoms with Crippen LogP contribution in [0, 0.1) is 35.5 Å². The van der Waals surface area contributed by atoms with Crippen molar-refractivity contribution in [1.82, 2.24) is 4.90 Å². The van der Waals surface area contributed by atoms with E-state index in [4.69, 9.17) is 0 Å². The lowest BCUT2D eigenvalue weighted by molar-refractivity contribution is -0.154. The van der Waals surface area contributed by atoms with Crippen molar-refractivity contribution < 1.29 is 9.90 Å². The van der Waals surface area contributed by atoms with Crippen LogP contribution in [0.25, 0.3) is 0 Å². The van der Waals surface area contributed by atoms with Crippen molar-refractivity contribution >= 4 is 5.97 Å². The van der Waals surface area contributed by atoms with Crippen molar-refractivity contribution in [2.75, 3.05) is 13.1 Å². The summed E-state index contributed by atoms with van der Waals surface area (Å²) in [5, 5.41) is 9.62. The second-order valence-corrected chi connectivity index (χ2v) is 8.61. The number of carboxylic acids is 1. The molecule has 0 atom stereocenters. The second-order valence-electron chi connectivity index (χ2n) is 8.61. The summed E-state index contributed by atoms with van der Waals surface area (Å²) in [6.07, 6.45) is 9.17. The maximum absolute atomic E-state index is 11.7. The summed E-state index contributed by atoms with van der Waals surface area (Å²) in [5.41, 5.74) is -0.445. The highest BCUT2D eigenvalue weighted by Crippen LogP contribution is 2.58. The number of rotatable bonds is 3. The summed E-state index contributed by atoms with van der Waals surface area (Å²) < 4.78 is 0. The molecule has 2 heterocycles. The maximum Gasteiger partial charge on any atom is 0.324 e. The SMILES string of the molecule is O=C(O)C12CC(CN1CC1C3CC4CC(C3)CC1C4)C2. The Kier molecular flexibility index (Phi) is 2.28. The Balaban J connectivity index is 1.36. The van der Waals surface area contributed by atoms with E-state index in [0.29, 0.717) is 5.92 Å². The first kappa shape index (κ1) is 12.0. The van der Waals surface area contributed by atoms with Crippen molar-refractivity contribution in [3.63, 3.8) is 0 Å². The Morgan fingerprint density at radius 2 is 1.60 bits per heavy atom. The standard InChI is InChI=1S/C17H25NO2/c19-16(20)17-6-12(7-17)8-18(17)9-15-13-2-10-1-11(4-13)5-14(15)3-10/h10-15H,1-9H2,(H,19,20). The third-order valence-corrected chi connectivity index (χ3v) is 7.59. The van der Waals surface area contributed by atoms with Gasteiger partial charge in [-0.25, -0.2) is 0 Å². The molecule has 7 aliphatic rings. The first-order chi connectivity index (χ1) is 9.64. The Labute approximate surface area is 120 Å². The number of aliphatic carboxylic acids is 1. The van der Waals surface area contributed by atoms with E-state index >= 15 is 0 Å². The van der Waals surface area contributed by atoms with Crippen molar-refractivity contribution in [2.24, 2.45) is 35.5 Å². The molecule has 7 rings (SSSR count). The molecule has 5 aliphatic carbocycles. The molecule has 5 saturated carbocycles. The van der Waals surface area contributed by atoms with Crippen molar-refractivity contribution in [3.05, 3.63) is 0 Å². The minimum absolute atomic E-state index is 0.445. The fourth-order valence-corrected chi connectivity index (χ4v) is 6.92. The van der Waals surface area contributed by atoms with Crippen molar-refractivity contribution in [2.45, 2.75) is 50.5 Å². The Bertz CT molecular complexity index is 426. The van der Waals surface area contributed by atoms with E-state index in [1.807, 2.05) is 0 Å². The van der Waals surface area contributed by atoms with E-state index < -0.39 is 11.5 Å². The minimum atomic E-state index is -0.546. The van der Waals surface area contributed by atoms with E-state index in [0.717, 1.165) is 55.5 Å². The molecule has 2 aliphatic heterocycles. The number of hydrogen-bond acceptors (Lipinski definition) is 2. The quantitative estimate of drug-likeness (QED) is 0.860. The fraction of sp³-hybridized carbons (Fsp3) is 0.941. The Morgan fingerprint density at radius 1 is 1.00 bits per heavy atom. The predicted octanol–water partition coefficient (Wildman–Crippen LogP) is 2.61. The van der Waals surface area contributed by atoms with Crippen LogP contribution in [0.2, 0.25) is 0 Å². The number of carboxylic acid groups (broad SMARTS) is 1. The van der Waals surface area contributed by atoms with Gasteiger partial charge in [0.25, 0.3) is 0 Å². The van der Waals surface area contributed by atoms with Crippen LogP contribution in [0.5, 0.6) is 0 Å². The zero-order valence-electron chi connectivity index (χ0n) is 12.1. The van der Waals surface area contributed by atoms with E-state index in [-0.39, 0.29) is 0 Å². The summed E-state index contributed by atoms with van der Waals surface area (Å²) in [6.45, 7) is 2.16. The average Bonchev–Trinajstić information content (AvgIpc) is 2.87. The van der Waals surface area contributed by atoms with Crippen molar-refractivity contribution in [1.29, 1.82) is 0 Å². The number of fused-ring (bicyclic) bond motifs is 1. The van der Waals surface area contributed by atoms with Gasteiger partial charge in [-0.2, -0.15) is 0 Å². The van der Waals surface area contributed by atoms with E-state index in [1.54, 1.807) is 0 Å². The van der Waals surface area contributed by atoms with Gasteiger partial charge in [-0.1, -0.05) is 0 Å². The Hall–Kier alpha value is -0.570. The summed E-state index contributed by atoms with van der Waals surface area (Å²) in [5.74, 6) is 4.85. The van der Waals surface area contributed by atoms with Gasteiger partial charge in [-0.05, 0) is 80.5 Å². The van der Waals surface area contributed by atoms with Gasteiger partial charge < -0.3 is 5.11 Å². The lowest BCUT2D eigenvalue weighted by atomic mass is 9.52. The minimum Gasteiger partial charge on any atom is -0.480 e. The molecule has 0 spiro atoms. The van der Waals surface area contributed by atoms with Crippen LogP contribution >= 0.6 is 0 Å². The van der Waals surface area contributed by atoms with Gasteiger partial charge in [0.2, 0.25) is 0 Å². The molecule has 2 saturated heterocycles. The normalized spacial score (nSPS) is 56.0. The molecule has 1 N–H and O–H groups in total. The van der Waals surface area contributed by atoms with E-state index in [2.05, 4.69) is 4.90 Å². The van der Waals surface area contributed by atoms with Crippen LogP contribution in [0.3, 0.4) is 0 Å². The second kappa shape index (κ2) is 3.79. The molecule has 0 aromatic carbocycles. The molecule has 0 aromatic rings. The van der Waals surface area contributed by atoms with Crippen LogP contribution in [0.1, 0.15) is 44.9 Å². The van der Waals surface area contributed by atoms with Crippen LogP contribution in [-0.4, -0.2) is 34.6 Å². The van der Waals surface area contributed by atoms with Gasteiger partial charge in [0, 0.05) is 13.1 Å². The fourth-order valence-electron chi connectivity index (χ4n) is 6.92. The highest BCUT2D eigenvalue weighted by atomic mass is 16.4. The zero-order chi connectivity index (χ0) is 13.5. The van der Waals surface area contributed by atoms with Gasteiger partial charge in [0.05, 0.1) is 0 Å². The molecule has 0 unspecified atom stereocenters. The van der Waals surface area contributed by atoms with Gasteiger partial charge in [0.1, 0.15) is 5.54 Å². The summed E-state index contributed by atoms with van der Waals surface area (Å²) in [4.78, 5) is 14.1. The average molecular weight is 275 g/mol. The summed E-state index contributed by atoms with van der Waals surface area (Å²) in [7, 11) is 0. The maximum atomic E-state index is 11.7. The van der Waals surface area contributed by atoms with E-state index in [9.17, 15) is 9.90 Å². The number of hydrogen-bond donors (Lipinski definition) is 1. The molecular formula is C17H25NO2. The molecule has 0 radical (unpaired) electrons. The molecule has 0 amide bonds. The molecule has 110 valence electrons. The van der Waals surface area contributed by atoms with Crippen LogP contribution in [0.15, 0.2) is 0 Å². The predicted molar refractivity (Wildman–Crippen MR) is 75.2 cm³/mol. The van der Waals surface area contributed by atoms with Gasteiger partial charge in [-0.15, -0.1) is 0 Å². The number of nitrogens with zero attached hydrogens (tertiary/aromatic N) is 1. The van der Waals surface area contributed by atoms with Gasteiger partial charge in [0.15, 0.2) is 0 Å². The first-order valence-electron chi connectivity index (χ1n) is 8.62. The third-order valence-electron chi connectivity index (χ3n) is 7.59. The van der Waals surface area contributed by atoms with Crippen LogP contribution < -0.4 is 0 Å². The Morgan fingerprint density at radius 3 is 2.15 bits per heavy atom. The third kappa shape index (κ3) is 1.43. The highest BCUT2D eigenvalue weighted by Gasteiger charge is 2.62. The molecule has 6 bridgehead atoms. The molecule has 7 fully saturated rings. The number of carbonyl (C=O) groups is 1. The molecule has 0 aromatic heterocycles. The zero-order valence-corrected chi connectivity index (χ0v) is 12.1. The van der Waals surface area contributed by atoms with Gasteiger partial charge in [-0.3, -0.25) is 9.69 Å². The smallest absolute Gasteiger partial charge is 0.324 e. The topological polar surface area (TPSA) is 40.5 Å². The lowest BCUT2D eigenvalue weighted by Gasteiger charge is -2.55. The molecule has 20 heavy (non-hydrogen) atoms. The van der Waals surface area contributed by atoms with Crippen molar-refractivity contribution in [3.8, 4) is 0 Å². The summed E-state index contributed by atoms with van der Waals surface area (Å²) in [6, 6.07) is 0. The summed E-state index contributed by atoms with van der Waals surface area (Å²) >= 11 is 0. The first-order valence-corrected chi connectivity index (χ1v) is 8.62. The molecule has 3 nitrogen and oxygen atoms in total. The molecule has 3 heteroatoms. The monoisotopic (exact) mass is 275 g/mol. The largest absolute Gasteiger partial charge is 0.480 e. The van der Waals surface area contributed by atoms with Crippen LogP contribution in [0.4, 0.5) is 0 Å². The van der Waals surface area contributed by atoms with Crippen LogP contribution in [-0.2, 0) is 4.79 Å². The van der Waals surface area contributed by atoms with Gasteiger partial charge >= 0.3 is 5.97 Å². The van der Waals surface area contributed by atoms with E-state index in [1.165, 1.54) is 32.1 Å². The molecular weight excluding hydrogens is 250 g/mol.